The Morgan fingerprint density at radius 2 is 2.17 bits per heavy atom. The van der Waals surface area contributed by atoms with Crippen LogP contribution in [-0.2, 0) is 11.8 Å². The van der Waals surface area contributed by atoms with Crippen molar-refractivity contribution < 1.29 is 9.90 Å². The second kappa shape index (κ2) is 4.52. The van der Waals surface area contributed by atoms with Crippen LogP contribution in [0, 0.1) is 6.92 Å². The lowest BCUT2D eigenvalue weighted by atomic mass is 10.4. The molecule has 0 radical (unpaired) electrons. The van der Waals surface area contributed by atoms with Gasteiger partial charge in [-0.05, 0) is 6.92 Å². The Kier molecular flexibility index (Phi) is 3.20. The van der Waals surface area contributed by atoms with Crippen molar-refractivity contribution in [3.8, 4) is 0 Å². The Hall–Kier alpha value is -1.70. The molecule has 0 aromatic carbocycles. The van der Waals surface area contributed by atoms with Crippen molar-refractivity contribution in [2.75, 3.05) is 24.9 Å². The molecule has 0 saturated carbocycles. The smallest absolute Gasteiger partial charge is 0.313 e. The Morgan fingerprint density at radius 1 is 1.50 bits per heavy atom. The molecule has 2 aromatic heterocycles. The molecule has 0 atom stereocenters. The van der Waals surface area contributed by atoms with E-state index >= 15 is 0 Å². The van der Waals surface area contributed by atoms with Gasteiger partial charge in [0.05, 0.1) is 11.4 Å². The predicted molar refractivity (Wildman–Crippen MR) is 69.7 cm³/mol. The van der Waals surface area contributed by atoms with Gasteiger partial charge >= 0.3 is 5.97 Å². The van der Waals surface area contributed by atoms with Gasteiger partial charge in [0.25, 0.3) is 0 Å². The van der Waals surface area contributed by atoms with E-state index in [1.165, 1.54) is 11.8 Å². The van der Waals surface area contributed by atoms with Crippen LogP contribution in [-0.4, -0.2) is 50.4 Å². The van der Waals surface area contributed by atoms with Crippen molar-refractivity contribution in [2.45, 2.75) is 12.1 Å². The molecule has 18 heavy (non-hydrogen) atoms. The van der Waals surface area contributed by atoms with Gasteiger partial charge in [0.15, 0.2) is 10.8 Å². The lowest BCUT2D eigenvalue weighted by Crippen LogP contribution is -2.26. The van der Waals surface area contributed by atoms with Crippen LogP contribution in [0.4, 0.5) is 0 Å². The average Bonchev–Trinajstić information content (AvgIpc) is 2.75. The first-order chi connectivity index (χ1) is 8.41. The first-order valence-corrected chi connectivity index (χ1v) is 6.34. The Balaban J connectivity index is 2.55. The topological polar surface area (TPSA) is 76.2 Å². The number of hydrogen-bond donors (Lipinski definition) is 1. The summed E-state index contributed by atoms with van der Waals surface area (Å²) in [6.07, 6.45) is 0. The van der Waals surface area contributed by atoms with Gasteiger partial charge in [-0.2, -0.15) is 5.10 Å². The number of imidazole rings is 1. The van der Waals surface area contributed by atoms with Crippen LogP contribution in [0.25, 0.3) is 11.2 Å². The van der Waals surface area contributed by atoms with Crippen molar-refractivity contribution in [3.05, 3.63) is 5.69 Å². The first-order valence-electron chi connectivity index (χ1n) is 5.36. The minimum Gasteiger partial charge on any atom is -0.481 e. The van der Waals surface area contributed by atoms with E-state index in [2.05, 4.69) is 10.1 Å². The van der Waals surface area contributed by atoms with Crippen LogP contribution < -0.4 is 5.01 Å². The molecule has 98 valence electrons. The number of carbonyl (C=O) groups is 1. The molecule has 0 unspecified atom stereocenters. The molecule has 0 aliphatic rings. The van der Waals surface area contributed by atoms with Crippen LogP contribution >= 0.6 is 11.8 Å². The lowest BCUT2D eigenvalue weighted by molar-refractivity contribution is -0.133. The number of fused-ring (bicyclic) bond motifs is 1. The van der Waals surface area contributed by atoms with Crippen molar-refractivity contribution in [2.24, 2.45) is 7.05 Å². The molecule has 8 heteroatoms. The van der Waals surface area contributed by atoms with Gasteiger partial charge < -0.3 is 10.1 Å². The fourth-order valence-electron chi connectivity index (χ4n) is 1.82. The number of carboxylic acid groups (broad SMARTS) is 1. The average molecular weight is 269 g/mol. The number of aryl methyl sites for hydroxylation is 2. The van der Waals surface area contributed by atoms with Crippen molar-refractivity contribution in [3.63, 3.8) is 0 Å². The largest absolute Gasteiger partial charge is 0.481 e. The maximum Gasteiger partial charge on any atom is 0.313 e. The number of rotatable bonds is 4. The maximum atomic E-state index is 10.7. The predicted octanol–water partition coefficient (Wildman–Crippen LogP) is 0.453. The summed E-state index contributed by atoms with van der Waals surface area (Å²) in [6.45, 7) is 1.89. The SMILES string of the molecule is Cc1nn(C)c2c1nc(SCC(=O)O)n2N(C)C. The van der Waals surface area contributed by atoms with Crippen molar-refractivity contribution >= 4 is 28.9 Å². The highest BCUT2D eigenvalue weighted by molar-refractivity contribution is 7.99. The van der Waals surface area contributed by atoms with E-state index in [9.17, 15) is 4.79 Å². The zero-order valence-electron chi connectivity index (χ0n) is 10.7. The molecule has 2 aromatic rings. The van der Waals surface area contributed by atoms with Gasteiger partial charge in [-0.15, -0.1) is 0 Å². The molecule has 0 saturated heterocycles. The molecule has 0 bridgehead atoms. The van der Waals surface area contributed by atoms with E-state index in [0.717, 1.165) is 16.9 Å². The minimum absolute atomic E-state index is 0.0103. The van der Waals surface area contributed by atoms with Gasteiger partial charge in [0, 0.05) is 21.1 Å². The van der Waals surface area contributed by atoms with Crippen LogP contribution in [0.15, 0.2) is 5.16 Å². The zero-order chi connectivity index (χ0) is 13.4. The highest BCUT2D eigenvalue weighted by Crippen LogP contribution is 2.25. The highest BCUT2D eigenvalue weighted by Gasteiger charge is 2.19. The molecular weight excluding hydrogens is 254 g/mol. The Bertz CT molecular complexity index is 601. The molecule has 1 N–H and O–H groups in total. The Labute approximate surface area is 108 Å². The van der Waals surface area contributed by atoms with Gasteiger partial charge in [-0.3, -0.25) is 4.79 Å². The second-order valence-corrected chi connectivity index (χ2v) is 5.06. The van der Waals surface area contributed by atoms with E-state index in [1.807, 2.05) is 37.8 Å². The number of aromatic nitrogens is 4. The van der Waals surface area contributed by atoms with Gasteiger partial charge in [-0.25, -0.2) is 14.3 Å². The summed E-state index contributed by atoms with van der Waals surface area (Å²) in [5.41, 5.74) is 2.51. The lowest BCUT2D eigenvalue weighted by Gasteiger charge is -2.17. The fraction of sp³-hybridized carbons (Fsp3) is 0.500. The minimum atomic E-state index is -0.854. The summed E-state index contributed by atoms with van der Waals surface area (Å²) >= 11 is 1.20. The maximum absolute atomic E-state index is 10.7. The van der Waals surface area contributed by atoms with Gasteiger partial charge in [0.1, 0.15) is 5.52 Å². The summed E-state index contributed by atoms with van der Waals surface area (Å²) < 4.78 is 3.62. The summed E-state index contributed by atoms with van der Waals surface area (Å²) in [5, 5.41) is 15.6. The third kappa shape index (κ3) is 2.03. The second-order valence-electron chi connectivity index (χ2n) is 4.12. The molecule has 7 nitrogen and oxygen atoms in total. The molecule has 0 aliphatic heterocycles. The summed E-state index contributed by atoms with van der Waals surface area (Å²) in [4.78, 5) is 15.1. The van der Waals surface area contributed by atoms with E-state index in [-0.39, 0.29) is 5.75 Å². The molecule has 0 amide bonds. The molecule has 0 fully saturated rings. The van der Waals surface area contributed by atoms with E-state index < -0.39 is 5.97 Å². The third-order valence-electron chi connectivity index (χ3n) is 2.48. The molecule has 2 rings (SSSR count). The zero-order valence-corrected chi connectivity index (χ0v) is 11.5. The van der Waals surface area contributed by atoms with Crippen LogP contribution in [0.3, 0.4) is 0 Å². The number of thioether (sulfide) groups is 1. The van der Waals surface area contributed by atoms with Crippen LogP contribution in [0.5, 0.6) is 0 Å². The first kappa shape index (κ1) is 12.7. The monoisotopic (exact) mass is 269 g/mol. The normalized spacial score (nSPS) is 11.1. The Morgan fingerprint density at radius 3 is 2.72 bits per heavy atom. The summed E-state index contributed by atoms with van der Waals surface area (Å²) in [7, 11) is 5.62. The molecular formula is C10H15N5O2S. The number of hydrogen-bond acceptors (Lipinski definition) is 5. The number of nitrogens with zero attached hydrogens (tertiary/aromatic N) is 5. The number of aliphatic carboxylic acids is 1. The molecule has 2 heterocycles. The standard InChI is InChI=1S/C10H15N5O2S/c1-6-8-9(14(4)12-6)15(13(2)3)10(11-8)18-5-7(16)17/h5H2,1-4H3,(H,16,17). The van der Waals surface area contributed by atoms with Crippen molar-refractivity contribution in [1.29, 1.82) is 0 Å². The van der Waals surface area contributed by atoms with E-state index in [1.54, 1.807) is 4.68 Å². The van der Waals surface area contributed by atoms with Crippen LogP contribution in [0.2, 0.25) is 0 Å². The number of carboxylic acids is 1. The summed E-state index contributed by atoms with van der Waals surface area (Å²) in [6, 6.07) is 0. The fourth-order valence-corrected chi connectivity index (χ4v) is 2.60. The van der Waals surface area contributed by atoms with Crippen LogP contribution in [0.1, 0.15) is 5.69 Å². The van der Waals surface area contributed by atoms with E-state index in [0.29, 0.717) is 5.16 Å². The van der Waals surface area contributed by atoms with Crippen molar-refractivity contribution in [1.82, 2.24) is 19.4 Å². The molecule has 0 spiro atoms. The van der Waals surface area contributed by atoms with Gasteiger partial charge in [0.2, 0.25) is 0 Å². The summed E-state index contributed by atoms with van der Waals surface area (Å²) in [5.74, 6) is -0.865. The highest BCUT2D eigenvalue weighted by atomic mass is 32.2. The molecule has 0 aliphatic carbocycles. The quantitative estimate of drug-likeness (QED) is 0.812. The van der Waals surface area contributed by atoms with Gasteiger partial charge in [-0.1, -0.05) is 11.8 Å². The third-order valence-corrected chi connectivity index (χ3v) is 3.39. The van der Waals surface area contributed by atoms with E-state index in [4.69, 9.17) is 5.11 Å².